The Bertz CT molecular complexity index is 1500. The SMILES string of the molecule is CNc1nc(NCc2c(Cl)cccc2Cl)nc2c1ncn2[C@@H]1O[C@H](CO)[C@@H](OCc2c(Cl)cccc2Cl)[C@@]1(C)F. The summed E-state index contributed by atoms with van der Waals surface area (Å²) in [6.07, 6.45) is -1.95. The van der Waals surface area contributed by atoms with Crippen LogP contribution in [0.3, 0.4) is 0 Å². The third-order valence-electron chi connectivity index (χ3n) is 6.73. The molecule has 40 heavy (non-hydrogen) atoms. The first-order chi connectivity index (χ1) is 19.1. The molecule has 1 aliphatic rings. The van der Waals surface area contributed by atoms with Crippen molar-refractivity contribution in [2.75, 3.05) is 24.3 Å². The molecule has 9 nitrogen and oxygen atoms in total. The van der Waals surface area contributed by atoms with Crippen LogP contribution in [0.4, 0.5) is 16.2 Å². The van der Waals surface area contributed by atoms with E-state index < -0.39 is 30.7 Å². The van der Waals surface area contributed by atoms with E-state index in [1.807, 2.05) is 0 Å². The van der Waals surface area contributed by atoms with E-state index in [0.717, 1.165) is 0 Å². The zero-order valence-corrected chi connectivity index (χ0v) is 24.4. The average molecular weight is 630 g/mol. The Morgan fingerprint density at radius 3 is 2.27 bits per heavy atom. The van der Waals surface area contributed by atoms with Gasteiger partial charge in [0, 0.05) is 44.8 Å². The minimum atomic E-state index is -2.11. The van der Waals surface area contributed by atoms with Crippen molar-refractivity contribution < 1.29 is 19.0 Å². The van der Waals surface area contributed by atoms with Gasteiger partial charge in [-0.2, -0.15) is 9.97 Å². The molecule has 0 spiro atoms. The summed E-state index contributed by atoms with van der Waals surface area (Å²) < 4.78 is 29.9. The van der Waals surface area contributed by atoms with E-state index in [-0.39, 0.29) is 19.1 Å². The zero-order valence-electron chi connectivity index (χ0n) is 21.3. The first kappa shape index (κ1) is 29.1. The highest BCUT2D eigenvalue weighted by molar-refractivity contribution is 6.36. The molecule has 0 amide bonds. The van der Waals surface area contributed by atoms with Crippen molar-refractivity contribution in [1.82, 2.24) is 19.5 Å². The molecule has 0 saturated carbocycles. The molecule has 4 atom stereocenters. The normalized spacial score (nSPS) is 22.6. The maximum absolute atomic E-state index is 16.5. The van der Waals surface area contributed by atoms with Gasteiger partial charge in [0.15, 0.2) is 28.9 Å². The van der Waals surface area contributed by atoms with E-state index in [9.17, 15) is 5.11 Å². The van der Waals surface area contributed by atoms with Crippen molar-refractivity contribution in [3.05, 3.63) is 73.9 Å². The van der Waals surface area contributed by atoms with Gasteiger partial charge in [0.25, 0.3) is 0 Å². The second kappa shape index (κ2) is 11.8. The number of ether oxygens (including phenoxy) is 2. The van der Waals surface area contributed by atoms with Crippen LogP contribution in [0.5, 0.6) is 0 Å². The lowest BCUT2D eigenvalue weighted by molar-refractivity contribution is -0.0675. The molecular weight excluding hydrogens is 605 g/mol. The second-order valence-corrected chi connectivity index (χ2v) is 10.9. The lowest BCUT2D eigenvalue weighted by Gasteiger charge is -2.28. The number of fused-ring (bicyclic) bond motifs is 1. The van der Waals surface area contributed by atoms with E-state index in [1.54, 1.807) is 43.4 Å². The monoisotopic (exact) mass is 628 g/mol. The lowest BCUT2D eigenvalue weighted by atomic mass is 9.98. The summed E-state index contributed by atoms with van der Waals surface area (Å²) in [7, 11) is 1.69. The fraction of sp³-hybridized carbons (Fsp3) is 0.346. The van der Waals surface area contributed by atoms with Crippen LogP contribution in [0.15, 0.2) is 42.7 Å². The largest absolute Gasteiger partial charge is 0.394 e. The molecule has 2 aromatic carbocycles. The molecule has 2 aromatic heterocycles. The van der Waals surface area contributed by atoms with Crippen molar-refractivity contribution >= 4 is 69.3 Å². The summed E-state index contributed by atoms with van der Waals surface area (Å²) in [4.78, 5) is 13.5. The van der Waals surface area contributed by atoms with Crippen molar-refractivity contribution in [3.63, 3.8) is 0 Å². The van der Waals surface area contributed by atoms with Crippen LogP contribution in [0.2, 0.25) is 20.1 Å². The number of nitrogens with zero attached hydrogens (tertiary/aromatic N) is 4. The van der Waals surface area contributed by atoms with Crippen molar-refractivity contribution in [1.29, 1.82) is 0 Å². The van der Waals surface area contributed by atoms with E-state index in [0.29, 0.717) is 48.2 Å². The Balaban J connectivity index is 1.45. The van der Waals surface area contributed by atoms with Gasteiger partial charge in [-0.05, 0) is 31.2 Å². The van der Waals surface area contributed by atoms with Crippen LogP contribution in [0, 0.1) is 0 Å². The number of aromatic nitrogens is 4. The number of anilines is 2. The predicted molar refractivity (Wildman–Crippen MR) is 154 cm³/mol. The van der Waals surface area contributed by atoms with E-state index in [1.165, 1.54) is 17.8 Å². The number of aliphatic hydroxyl groups excluding tert-OH is 1. The van der Waals surface area contributed by atoms with E-state index in [4.69, 9.17) is 55.9 Å². The summed E-state index contributed by atoms with van der Waals surface area (Å²) in [5.41, 5.74) is -0.231. The van der Waals surface area contributed by atoms with Gasteiger partial charge in [0.05, 0.1) is 19.5 Å². The quantitative estimate of drug-likeness (QED) is 0.198. The minimum absolute atomic E-state index is 0.0787. The Morgan fingerprint density at radius 1 is 1.05 bits per heavy atom. The Morgan fingerprint density at radius 2 is 1.68 bits per heavy atom. The highest BCUT2D eigenvalue weighted by Crippen LogP contribution is 2.45. The van der Waals surface area contributed by atoms with Crippen molar-refractivity contribution in [2.45, 2.75) is 44.2 Å². The minimum Gasteiger partial charge on any atom is -0.394 e. The molecule has 0 aliphatic carbocycles. The van der Waals surface area contributed by atoms with Gasteiger partial charge < -0.3 is 25.2 Å². The number of alkyl halides is 1. The number of rotatable bonds is 9. The van der Waals surface area contributed by atoms with Crippen LogP contribution in [0.25, 0.3) is 11.2 Å². The van der Waals surface area contributed by atoms with E-state index >= 15 is 4.39 Å². The third kappa shape index (κ3) is 5.42. The van der Waals surface area contributed by atoms with Crippen LogP contribution in [-0.2, 0) is 22.6 Å². The number of aliphatic hydroxyl groups is 1. The van der Waals surface area contributed by atoms with Crippen molar-refractivity contribution in [2.24, 2.45) is 0 Å². The van der Waals surface area contributed by atoms with Gasteiger partial charge in [-0.3, -0.25) is 4.57 Å². The van der Waals surface area contributed by atoms with Gasteiger partial charge in [-0.15, -0.1) is 0 Å². The molecule has 0 bridgehead atoms. The highest BCUT2D eigenvalue weighted by Gasteiger charge is 2.56. The molecule has 212 valence electrons. The van der Waals surface area contributed by atoms with Crippen LogP contribution in [0.1, 0.15) is 24.3 Å². The fourth-order valence-corrected chi connectivity index (χ4v) is 5.71. The Kier molecular flexibility index (Phi) is 8.58. The molecule has 3 N–H and O–H groups in total. The average Bonchev–Trinajstić information content (AvgIpc) is 3.45. The number of hydrogen-bond acceptors (Lipinski definition) is 8. The molecule has 0 unspecified atom stereocenters. The fourth-order valence-electron chi connectivity index (χ4n) is 4.67. The first-order valence-electron chi connectivity index (χ1n) is 12.2. The Hall–Kier alpha value is -2.44. The van der Waals surface area contributed by atoms with Gasteiger partial charge >= 0.3 is 0 Å². The molecule has 4 aromatic rings. The molecule has 3 heterocycles. The molecule has 5 rings (SSSR count). The summed E-state index contributed by atoms with van der Waals surface area (Å²) in [6.45, 7) is 1.03. The standard InChI is InChI=1S/C26H25Cl4FN6O3/c1-26(31)21(39-11-14-17(29)7-4-8-18(14)30)19(10-38)40-24(26)37-12-34-20-22(32-2)35-25(36-23(20)37)33-9-13-15(27)5-3-6-16(13)28/h3-8,12,19,21,24,38H,9-11H2,1-2H3,(H2,32,33,35,36)/t19-,21-,24-,26-/m1/s1. The number of nitrogens with one attached hydrogen (secondary N) is 2. The molecule has 0 radical (unpaired) electrons. The van der Waals surface area contributed by atoms with Gasteiger partial charge in [0.2, 0.25) is 5.95 Å². The molecule has 14 heteroatoms. The van der Waals surface area contributed by atoms with Gasteiger partial charge in [-0.1, -0.05) is 58.5 Å². The molecular formula is C26H25Cl4FN6O3. The number of imidazole rings is 1. The number of hydrogen-bond donors (Lipinski definition) is 3. The predicted octanol–water partition coefficient (Wildman–Crippen LogP) is 6.30. The van der Waals surface area contributed by atoms with Gasteiger partial charge in [-0.25, -0.2) is 9.37 Å². The second-order valence-electron chi connectivity index (χ2n) is 9.32. The first-order valence-corrected chi connectivity index (χ1v) is 13.8. The zero-order chi connectivity index (χ0) is 28.6. The summed E-state index contributed by atoms with van der Waals surface area (Å²) in [5.74, 6) is 0.642. The molecule has 1 saturated heterocycles. The van der Waals surface area contributed by atoms with Crippen LogP contribution in [-0.4, -0.2) is 56.2 Å². The summed E-state index contributed by atoms with van der Waals surface area (Å²) in [5, 5.41) is 17.9. The highest BCUT2D eigenvalue weighted by atomic mass is 35.5. The van der Waals surface area contributed by atoms with Crippen molar-refractivity contribution in [3.8, 4) is 0 Å². The maximum atomic E-state index is 16.5. The number of benzene rings is 2. The summed E-state index contributed by atoms with van der Waals surface area (Å²) >= 11 is 25.1. The Labute approximate surface area is 249 Å². The van der Waals surface area contributed by atoms with Crippen LogP contribution < -0.4 is 10.6 Å². The summed E-state index contributed by atoms with van der Waals surface area (Å²) in [6, 6.07) is 10.3. The smallest absolute Gasteiger partial charge is 0.227 e. The topological polar surface area (TPSA) is 106 Å². The van der Waals surface area contributed by atoms with E-state index in [2.05, 4.69) is 25.6 Å². The lowest BCUT2D eigenvalue weighted by Crippen LogP contribution is -2.42. The maximum Gasteiger partial charge on any atom is 0.227 e. The molecule has 1 aliphatic heterocycles. The number of halogens is 5. The van der Waals surface area contributed by atoms with Crippen LogP contribution >= 0.6 is 46.4 Å². The van der Waals surface area contributed by atoms with Gasteiger partial charge in [0.1, 0.15) is 12.2 Å². The molecule has 1 fully saturated rings. The third-order valence-corrected chi connectivity index (χ3v) is 8.14.